The van der Waals surface area contributed by atoms with Gasteiger partial charge in [0.15, 0.2) is 5.69 Å². The third kappa shape index (κ3) is 3.94. The number of rotatable bonds is 5. The quantitative estimate of drug-likeness (QED) is 0.628. The number of aromatic nitrogens is 2. The summed E-state index contributed by atoms with van der Waals surface area (Å²) in [5.74, 6) is 4.59. The molecule has 0 aliphatic carbocycles. The molecule has 6 nitrogen and oxygen atoms in total. The Morgan fingerprint density at radius 2 is 2.00 bits per heavy atom. The fourth-order valence-electron chi connectivity index (χ4n) is 1.99. The van der Waals surface area contributed by atoms with E-state index >= 15 is 0 Å². The van der Waals surface area contributed by atoms with E-state index in [1.165, 1.54) is 0 Å². The Balaban J connectivity index is 1.98. The van der Waals surface area contributed by atoms with Crippen molar-refractivity contribution < 1.29 is 17.9 Å². The van der Waals surface area contributed by atoms with Crippen LogP contribution in [0.1, 0.15) is 18.5 Å². The van der Waals surface area contributed by atoms with Gasteiger partial charge in [0.05, 0.1) is 0 Å². The number of nitrogens with one attached hydrogen (secondary N) is 1. The summed E-state index contributed by atoms with van der Waals surface area (Å²) in [5, 5.41) is 0. The summed E-state index contributed by atoms with van der Waals surface area (Å²) >= 11 is 0. The highest BCUT2D eigenvalue weighted by atomic mass is 19.4. The van der Waals surface area contributed by atoms with Gasteiger partial charge in [0.1, 0.15) is 6.61 Å². The van der Waals surface area contributed by atoms with Crippen LogP contribution in [0.15, 0.2) is 6.07 Å². The Morgan fingerprint density at radius 1 is 1.30 bits per heavy atom. The van der Waals surface area contributed by atoms with Crippen molar-refractivity contribution in [2.45, 2.75) is 19.0 Å². The molecule has 1 saturated heterocycles. The number of alkyl halides is 3. The molecule has 0 atom stereocenters. The minimum atomic E-state index is -4.57. The highest BCUT2D eigenvalue weighted by Crippen LogP contribution is 2.30. The predicted molar refractivity (Wildman–Crippen MR) is 66.0 cm³/mol. The lowest BCUT2D eigenvalue weighted by atomic mass is 10.4. The van der Waals surface area contributed by atoms with E-state index in [-0.39, 0.29) is 18.4 Å². The molecule has 1 aromatic heterocycles. The van der Waals surface area contributed by atoms with Crippen LogP contribution in [-0.4, -0.2) is 41.1 Å². The summed E-state index contributed by atoms with van der Waals surface area (Å²) in [4.78, 5) is 9.18. The van der Waals surface area contributed by atoms with Crippen molar-refractivity contribution >= 4 is 5.95 Å². The average Bonchev–Trinajstić information content (AvgIpc) is 2.90. The monoisotopic (exact) mass is 291 g/mol. The van der Waals surface area contributed by atoms with E-state index < -0.39 is 11.9 Å². The first kappa shape index (κ1) is 14.8. The van der Waals surface area contributed by atoms with E-state index in [1.807, 2.05) is 5.43 Å². The number of hydrogen-bond acceptors (Lipinski definition) is 6. The molecule has 0 unspecified atom stereocenters. The number of ether oxygens (including phenoxy) is 1. The van der Waals surface area contributed by atoms with E-state index in [4.69, 9.17) is 10.6 Å². The van der Waals surface area contributed by atoms with Gasteiger partial charge in [-0.3, -0.25) is 10.3 Å². The van der Waals surface area contributed by atoms with Crippen LogP contribution in [0.4, 0.5) is 19.1 Å². The summed E-state index contributed by atoms with van der Waals surface area (Å²) in [5.41, 5.74) is 0.912. The zero-order valence-electron chi connectivity index (χ0n) is 10.8. The molecule has 0 spiro atoms. The molecular weight excluding hydrogens is 275 g/mol. The number of nitrogens with zero attached hydrogens (tertiary/aromatic N) is 3. The molecule has 1 aromatic rings. The fourth-order valence-corrected chi connectivity index (χ4v) is 1.99. The molecule has 2 rings (SSSR count). The highest BCUT2D eigenvalue weighted by molar-refractivity contribution is 5.30. The first-order valence-electron chi connectivity index (χ1n) is 6.27. The molecular formula is C11H16F3N5O. The Labute approximate surface area is 114 Å². The lowest BCUT2D eigenvalue weighted by molar-refractivity contribution is -0.141. The molecule has 1 fully saturated rings. The van der Waals surface area contributed by atoms with Gasteiger partial charge in [0.25, 0.3) is 0 Å². The standard InChI is InChI=1S/C11H16F3N5O/c12-11(13,14)8-7-9(17-10(16-8)18-15)20-6-5-19-3-1-2-4-19/h7H,1-6,15H2,(H,16,17,18). The van der Waals surface area contributed by atoms with Crippen LogP contribution in [0.25, 0.3) is 0 Å². The summed E-state index contributed by atoms with van der Waals surface area (Å²) in [7, 11) is 0. The number of hydrazine groups is 1. The molecule has 0 aromatic carbocycles. The number of nitrogen functional groups attached to an aromatic ring is 1. The normalized spacial score (nSPS) is 16.4. The number of hydrogen-bond donors (Lipinski definition) is 2. The molecule has 0 amide bonds. The van der Waals surface area contributed by atoms with Crippen molar-refractivity contribution in [3.05, 3.63) is 11.8 Å². The molecule has 2 heterocycles. The second-order valence-electron chi connectivity index (χ2n) is 4.45. The van der Waals surface area contributed by atoms with Crippen molar-refractivity contribution in [3.63, 3.8) is 0 Å². The van der Waals surface area contributed by atoms with Crippen molar-refractivity contribution in [1.82, 2.24) is 14.9 Å². The Bertz CT molecular complexity index is 448. The number of halogens is 3. The summed E-state index contributed by atoms with van der Waals surface area (Å²) < 4.78 is 43.1. The van der Waals surface area contributed by atoms with Gasteiger partial charge in [-0.05, 0) is 25.9 Å². The molecule has 3 N–H and O–H groups in total. The molecule has 1 aliphatic rings. The lowest BCUT2D eigenvalue weighted by Crippen LogP contribution is -2.25. The molecule has 1 aliphatic heterocycles. The van der Waals surface area contributed by atoms with Crippen LogP contribution in [0.2, 0.25) is 0 Å². The van der Waals surface area contributed by atoms with Crippen LogP contribution in [0, 0.1) is 0 Å². The SMILES string of the molecule is NNc1nc(OCCN2CCCC2)cc(C(F)(F)F)n1. The number of nitrogens with two attached hydrogens (primary N) is 1. The van der Waals surface area contributed by atoms with E-state index in [1.54, 1.807) is 0 Å². The van der Waals surface area contributed by atoms with Crippen LogP contribution in [-0.2, 0) is 6.18 Å². The average molecular weight is 291 g/mol. The highest BCUT2D eigenvalue weighted by Gasteiger charge is 2.34. The van der Waals surface area contributed by atoms with E-state index in [0.717, 1.165) is 32.0 Å². The first-order valence-corrected chi connectivity index (χ1v) is 6.27. The van der Waals surface area contributed by atoms with Crippen LogP contribution in [0.3, 0.4) is 0 Å². The molecule has 0 saturated carbocycles. The summed E-state index contributed by atoms with van der Waals surface area (Å²) in [6, 6.07) is 0.769. The van der Waals surface area contributed by atoms with Crippen molar-refractivity contribution in [1.29, 1.82) is 0 Å². The van der Waals surface area contributed by atoms with Gasteiger partial charge < -0.3 is 4.74 Å². The number of likely N-dealkylation sites (tertiary alicyclic amines) is 1. The van der Waals surface area contributed by atoms with Gasteiger partial charge >= 0.3 is 6.18 Å². The Morgan fingerprint density at radius 3 is 2.60 bits per heavy atom. The zero-order valence-corrected chi connectivity index (χ0v) is 10.8. The van der Waals surface area contributed by atoms with Crippen LogP contribution in [0.5, 0.6) is 5.88 Å². The Kier molecular flexibility index (Phi) is 4.61. The molecule has 112 valence electrons. The van der Waals surface area contributed by atoms with E-state index in [0.29, 0.717) is 6.54 Å². The van der Waals surface area contributed by atoms with Gasteiger partial charge in [-0.25, -0.2) is 10.8 Å². The minimum Gasteiger partial charge on any atom is -0.476 e. The Hall–Kier alpha value is -1.61. The topological polar surface area (TPSA) is 76.3 Å². The summed E-state index contributed by atoms with van der Waals surface area (Å²) in [6.07, 6.45) is -2.28. The molecule has 20 heavy (non-hydrogen) atoms. The summed E-state index contributed by atoms with van der Waals surface area (Å²) in [6.45, 7) is 2.93. The van der Waals surface area contributed by atoms with Gasteiger partial charge in [0.2, 0.25) is 11.8 Å². The molecule has 0 radical (unpaired) electrons. The second kappa shape index (κ2) is 6.23. The number of anilines is 1. The zero-order chi connectivity index (χ0) is 14.6. The van der Waals surface area contributed by atoms with Gasteiger partial charge in [-0.1, -0.05) is 0 Å². The fraction of sp³-hybridized carbons (Fsp3) is 0.636. The largest absolute Gasteiger partial charge is 0.476 e. The molecule has 9 heteroatoms. The smallest absolute Gasteiger partial charge is 0.433 e. The minimum absolute atomic E-state index is 0.139. The van der Waals surface area contributed by atoms with E-state index in [2.05, 4.69) is 14.9 Å². The third-order valence-electron chi connectivity index (χ3n) is 2.98. The van der Waals surface area contributed by atoms with Gasteiger partial charge in [-0.2, -0.15) is 18.2 Å². The van der Waals surface area contributed by atoms with Crippen molar-refractivity contribution in [2.24, 2.45) is 5.84 Å². The maximum Gasteiger partial charge on any atom is 0.433 e. The third-order valence-corrected chi connectivity index (χ3v) is 2.98. The first-order chi connectivity index (χ1) is 9.49. The second-order valence-corrected chi connectivity index (χ2v) is 4.45. The van der Waals surface area contributed by atoms with Crippen molar-refractivity contribution in [2.75, 3.05) is 31.7 Å². The van der Waals surface area contributed by atoms with Gasteiger partial charge in [-0.15, -0.1) is 0 Å². The maximum absolute atomic E-state index is 12.6. The molecule has 0 bridgehead atoms. The van der Waals surface area contributed by atoms with Crippen LogP contribution < -0.4 is 16.0 Å². The van der Waals surface area contributed by atoms with Crippen LogP contribution >= 0.6 is 0 Å². The van der Waals surface area contributed by atoms with Crippen molar-refractivity contribution in [3.8, 4) is 5.88 Å². The lowest BCUT2D eigenvalue weighted by Gasteiger charge is -2.15. The van der Waals surface area contributed by atoms with E-state index in [9.17, 15) is 13.2 Å². The van der Waals surface area contributed by atoms with Gasteiger partial charge in [0, 0.05) is 12.6 Å². The maximum atomic E-state index is 12.6. The predicted octanol–water partition coefficient (Wildman–Crippen LogP) is 1.26.